The number of carbonyl (C=O) groups excluding carboxylic acids is 1. The van der Waals surface area contributed by atoms with Crippen LogP contribution in [0.5, 0.6) is 17.2 Å². The van der Waals surface area contributed by atoms with E-state index in [4.69, 9.17) is 20.2 Å². The second-order valence-electron chi connectivity index (χ2n) is 18.3. The average molecular weight is 810 g/mol. The Balaban J connectivity index is 1.34. The number of nitrogens with one attached hydrogen (secondary N) is 1. The number of ether oxygens (including phenoxy) is 2. The summed E-state index contributed by atoms with van der Waals surface area (Å²) in [6.45, 7) is 5.39. The molecule has 2 saturated carbocycles. The number of nitrogens with zero attached hydrogens (tertiary/aromatic N) is 1. The van der Waals surface area contributed by atoms with Crippen LogP contribution >= 0.6 is 0 Å². The molecule has 1 heterocycles. The second kappa shape index (κ2) is 18.7. The molecule has 2 fully saturated rings. The maximum atomic E-state index is 13.3. The number of carbonyl (C=O) groups is 1. The number of benzene rings is 3. The molecule has 0 radical (unpaired) electrons. The van der Waals surface area contributed by atoms with Crippen LogP contribution in [0.3, 0.4) is 0 Å². The van der Waals surface area contributed by atoms with Gasteiger partial charge in [0.15, 0.2) is 23.2 Å². The van der Waals surface area contributed by atoms with E-state index in [-0.39, 0.29) is 59.0 Å². The first-order valence-electron chi connectivity index (χ1n) is 22.6. The number of allylic oxidation sites excluding steroid dienone is 4. The number of methoxy groups -OCH3 is 1. The normalized spacial score (nSPS) is 26.3. The number of aromatic hydroxyl groups is 2. The van der Waals surface area contributed by atoms with Crippen LogP contribution in [0.25, 0.3) is 0 Å². The van der Waals surface area contributed by atoms with Gasteiger partial charge >= 0.3 is 0 Å². The van der Waals surface area contributed by atoms with E-state index in [0.29, 0.717) is 56.5 Å². The number of nitrogens with two attached hydrogens (primary N) is 1. The first kappa shape index (κ1) is 41.7. The smallest absolute Gasteiger partial charge is 0.189 e. The van der Waals surface area contributed by atoms with Gasteiger partial charge in [-0.2, -0.15) is 0 Å². The lowest BCUT2D eigenvalue weighted by Crippen LogP contribution is -2.45. The minimum atomic E-state index is -0.152. The van der Waals surface area contributed by atoms with E-state index in [1.165, 1.54) is 5.57 Å². The van der Waals surface area contributed by atoms with Gasteiger partial charge in [-0.1, -0.05) is 80.2 Å². The molecule has 7 atom stereocenters. The van der Waals surface area contributed by atoms with Crippen molar-refractivity contribution in [3.05, 3.63) is 111 Å². The summed E-state index contributed by atoms with van der Waals surface area (Å²) in [6, 6.07) is 16.5. The summed E-state index contributed by atoms with van der Waals surface area (Å²) >= 11 is 0. The number of unbranched alkanes of at least 4 members (excludes halogenated alkanes) is 1. The van der Waals surface area contributed by atoms with Gasteiger partial charge in [0.2, 0.25) is 0 Å². The fraction of sp³-hybridized carbons (Fsp3) is 0.500. The highest BCUT2D eigenvalue weighted by molar-refractivity contribution is 5.89. The molecule has 8 bridgehead atoms. The Morgan fingerprint density at radius 1 is 1.05 bits per heavy atom. The summed E-state index contributed by atoms with van der Waals surface area (Å²) in [5.41, 5.74) is 15.1. The van der Waals surface area contributed by atoms with E-state index in [2.05, 4.69) is 67.4 Å². The number of guanidine groups is 1. The number of fused-ring (bicyclic) bond motifs is 10. The zero-order chi connectivity index (χ0) is 41.8. The van der Waals surface area contributed by atoms with Gasteiger partial charge in [0.25, 0.3) is 0 Å². The molecule has 1 aliphatic heterocycles. The molecular formula is C52H63N3O5. The summed E-state index contributed by atoms with van der Waals surface area (Å²) in [5.74, 6) is 9.01. The summed E-state index contributed by atoms with van der Waals surface area (Å²) in [7, 11) is 1.78. The lowest BCUT2D eigenvalue weighted by atomic mass is 9.55. The third kappa shape index (κ3) is 9.32. The third-order valence-corrected chi connectivity index (χ3v) is 13.8. The summed E-state index contributed by atoms with van der Waals surface area (Å²) in [4.78, 5) is 18.1. The predicted octanol–water partition coefficient (Wildman–Crippen LogP) is 9.53. The van der Waals surface area contributed by atoms with Crippen molar-refractivity contribution in [3.8, 4) is 29.1 Å². The van der Waals surface area contributed by atoms with Gasteiger partial charge in [-0.25, -0.2) is 4.99 Å². The zero-order valence-corrected chi connectivity index (χ0v) is 35.7. The van der Waals surface area contributed by atoms with Crippen LogP contribution in [0.15, 0.2) is 77.3 Å². The number of rotatable bonds is 10. The number of phenols is 2. The van der Waals surface area contributed by atoms with Crippen LogP contribution in [-0.4, -0.2) is 47.8 Å². The number of ketones is 1. The molecule has 0 unspecified atom stereocenters. The minimum Gasteiger partial charge on any atom is -0.508 e. The van der Waals surface area contributed by atoms with E-state index in [1.54, 1.807) is 13.2 Å². The van der Waals surface area contributed by atoms with E-state index in [1.807, 2.05) is 24.3 Å². The Bertz CT molecular complexity index is 2210. The van der Waals surface area contributed by atoms with Crippen molar-refractivity contribution < 1.29 is 24.5 Å². The van der Waals surface area contributed by atoms with Gasteiger partial charge in [-0.3, -0.25) is 4.79 Å². The molecule has 8 heteroatoms. The molecule has 0 amide bonds. The molecule has 3 aromatic rings. The van der Waals surface area contributed by atoms with E-state index < -0.39 is 0 Å². The minimum absolute atomic E-state index is 0.00167. The number of aliphatic imine (C=N–C) groups is 1. The molecule has 3 aromatic carbocycles. The summed E-state index contributed by atoms with van der Waals surface area (Å²) in [5, 5.41) is 27.7. The van der Waals surface area contributed by atoms with Gasteiger partial charge in [0.05, 0.1) is 19.3 Å². The summed E-state index contributed by atoms with van der Waals surface area (Å²) in [6.07, 6.45) is 16.9. The van der Waals surface area contributed by atoms with E-state index in [0.717, 1.165) is 96.7 Å². The quantitative estimate of drug-likeness (QED) is 0.0914. The zero-order valence-electron chi connectivity index (χ0n) is 35.7. The Hall–Kier alpha value is -5.00. The largest absolute Gasteiger partial charge is 0.508 e. The molecule has 5 N–H and O–H groups in total. The highest BCUT2D eigenvalue weighted by Gasteiger charge is 2.48. The van der Waals surface area contributed by atoms with Crippen molar-refractivity contribution in [2.75, 3.05) is 13.7 Å². The van der Waals surface area contributed by atoms with Gasteiger partial charge in [0, 0.05) is 49.0 Å². The maximum absolute atomic E-state index is 13.3. The molecule has 5 aliphatic rings. The fourth-order valence-corrected chi connectivity index (χ4v) is 11.1. The first-order chi connectivity index (χ1) is 29.2. The van der Waals surface area contributed by atoms with Crippen LogP contribution in [0.2, 0.25) is 0 Å². The number of aryl methyl sites for hydroxylation is 1. The van der Waals surface area contributed by atoms with Crippen LogP contribution in [0.1, 0.15) is 135 Å². The summed E-state index contributed by atoms with van der Waals surface area (Å²) < 4.78 is 12.9. The lowest BCUT2D eigenvalue weighted by Gasteiger charge is -2.50. The molecular weight excluding hydrogens is 747 g/mol. The molecule has 0 aromatic heterocycles. The Kier molecular flexibility index (Phi) is 13.0. The average Bonchev–Trinajstić information content (AvgIpc) is 3.74. The van der Waals surface area contributed by atoms with E-state index in [9.17, 15) is 15.0 Å². The van der Waals surface area contributed by atoms with Crippen molar-refractivity contribution >= 4 is 11.7 Å². The van der Waals surface area contributed by atoms with Gasteiger partial charge < -0.3 is 30.7 Å². The molecule has 8 nitrogen and oxygen atoms in total. The lowest BCUT2D eigenvalue weighted by molar-refractivity contribution is -0.114. The number of phenolic OH excluding ortho intramolecular Hbond substituents is 2. The molecule has 60 heavy (non-hydrogen) atoms. The standard InChI is InChI=1S/C52H63N3O5/c1-4-5-6-14-40(56)19-18-36-29-48(60-42-15-7-8-16-42)51(58)50-43(36)17-10-13-39-26-38-28-45-44(20-32(2)21-46(45)49(50)47(38)31-59-3)37-24-35(25-41(57)27-37)23-33-11-9-12-34(22-33)30-54-52(53)55-39/h6,9,11-12,14,22,24-25,27-29,32,38-39,42,44,46-47,49,57-58H,4-5,7-8,13,15-16,18-21,23,26,30-31H2,1-3H3,(H3,53,54,55)/t32-,38+,39+,44-,46-,47+,49+/m0/s1. The molecule has 4 aliphatic carbocycles. The molecule has 0 saturated heterocycles. The Morgan fingerprint density at radius 3 is 2.70 bits per heavy atom. The van der Waals surface area contributed by atoms with Gasteiger partial charge in [0.1, 0.15) is 5.75 Å². The van der Waals surface area contributed by atoms with Gasteiger partial charge in [-0.15, -0.1) is 0 Å². The SMILES string of the molecule is CCCC=CC(=O)CCc1cc(OC2CCCC2)c(O)c2c1C#CC[C@@H]1C[C@@H]3C=C4[C@@H](C[C@H](C)C[C@@H]4[C@@H]2[C@@H]3COC)c2cc(O)cc(c2)Cc2cccc(c2)CN=C(N)N1. The van der Waals surface area contributed by atoms with Crippen molar-refractivity contribution in [1.29, 1.82) is 0 Å². The maximum Gasteiger partial charge on any atom is 0.189 e. The second-order valence-corrected chi connectivity index (χ2v) is 18.3. The monoisotopic (exact) mass is 809 g/mol. The van der Waals surface area contributed by atoms with Gasteiger partial charge in [-0.05, 0) is 140 Å². The first-order valence-corrected chi connectivity index (χ1v) is 22.6. The van der Waals surface area contributed by atoms with Crippen molar-refractivity contribution in [2.45, 2.75) is 128 Å². The third-order valence-electron chi connectivity index (χ3n) is 13.8. The van der Waals surface area contributed by atoms with E-state index >= 15 is 0 Å². The Labute approximate surface area is 356 Å². The van der Waals surface area contributed by atoms with Crippen molar-refractivity contribution in [3.63, 3.8) is 0 Å². The Morgan fingerprint density at radius 2 is 1.88 bits per heavy atom. The molecule has 0 spiro atoms. The predicted molar refractivity (Wildman–Crippen MR) is 238 cm³/mol. The highest BCUT2D eigenvalue weighted by atomic mass is 16.5. The molecule has 8 rings (SSSR count). The van der Waals surface area contributed by atoms with Crippen LogP contribution in [0, 0.1) is 35.5 Å². The van der Waals surface area contributed by atoms with Crippen LogP contribution in [0.4, 0.5) is 0 Å². The number of hydrogen-bond donors (Lipinski definition) is 4. The molecule has 316 valence electrons. The van der Waals surface area contributed by atoms with Crippen LogP contribution in [-0.2, 0) is 28.9 Å². The fourth-order valence-electron chi connectivity index (χ4n) is 11.1. The van der Waals surface area contributed by atoms with Crippen LogP contribution < -0.4 is 15.8 Å². The van der Waals surface area contributed by atoms with Crippen molar-refractivity contribution in [1.82, 2.24) is 5.32 Å². The topological polar surface area (TPSA) is 126 Å². The van der Waals surface area contributed by atoms with Crippen molar-refractivity contribution in [2.24, 2.45) is 34.4 Å². The highest BCUT2D eigenvalue weighted by Crippen LogP contribution is 2.59. The number of hydrogen-bond acceptors (Lipinski definition) is 8.